The van der Waals surface area contributed by atoms with E-state index >= 15 is 0 Å². The van der Waals surface area contributed by atoms with Crippen molar-refractivity contribution in [3.8, 4) is 0 Å². The Hall–Kier alpha value is -0.860. The van der Waals surface area contributed by atoms with Gasteiger partial charge in [0.2, 0.25) is 0 Å². The summed E-state index contributed by atoms with van der Waals surface area (Å²) in [4.78, 5) is 24.6. The van der Waals surface area contributed by atoms with Crippen LogP contribution < -0.4 is 0 Å². The number of unbranched alkanes of at least 4 members (excludes halogenated alkanes) is 3. The summed E-state index contributed by atoms with van der Waals surface area (Å²) in [5, 5.41) is 0. The maximum Gasteiger partial charge on any atom is 0.316 e. The molecule has 0 saturated heterocycles. The Balaban J connectivity index is 1.70. The van der Waals surface area contributed by atoms with E-state index in [1.54, 1.807) is 0 Å². The number of carbonyl (C=O) groups excluding carboxylic acids is 2. The van der Waals surface area contributed by atoms with Crippen LogP contribution >= 0.6 is 0 Å². The number of carbonyl (C=O) groups is 2. The first-order valence-electron chi connectivity index (χ1n) is 10.8. The highest BCUT2D eigenvalue weighted by molar-refractivity contribution is 5.99. The van der Waals surface area contributed by atoms with Gasteiger partial charge in [-0.25, -0.2) is 0 Å². The molecule has 2 fully saturated rings. The molecule has 0 aromatic carbocycles. The monoisotopic (exact) mass is 350 g/mol. The fourth-order valence-corrected chi connectivity index (χ4v) is 4.75. The zero-order valence-corrected chi connectivity index (χ0v) is 16.4. The third kappa shape index (κ3) is 6.42. The van der Waals surface area contributed by atoms with Gasteiger partial charge in [-0.3, -0.25) is 9.59 Å². The van der Waals surface area contributed by atoms with Crippen LogP contribution in [0.2, 0.25) is 0 Å². The molecule has 3 heteroatoms. The normalized spacial score (nSPS) is 30.2. The summed E-state index contributed by atoms with van der Waals surface area (Å²) in [6, 6.07) is 0. The number of hydrogen-bond acceptors (Lipinski definition) is 3. The number of esters is 1. The second-order valence-electron chi connectivity index (χ2n) is 8.36. The fraction of sp³-hybridized carbons (Fsp3) is 0.909. The Kier molecular flexibility index (Phi) is 8.98. The van der Waals surface area contributed by atoms with Gasteiger partial charge in [0.05, 0.1) is 6.61 Å². The molecule has 2 rings (SSSR count). The van der Waals surface area contributed by atoms with Crippen LogP contribution in [0.1, 0.15) is 97.3 Å². The SMILES string of the molecule is CCCCCC1CCC([C@@H]2CC[C@@H](C(=O)OCCCC)C(=O)C2)CC1. The third-order valence-corrected chi connectivity index (χ3v) is 6.48. The molecular weight excluding hydrogens is 312 g/mol. The Morgan fingerprint density at radius 3 is 2.24 bits per heavy atom. The van der Waals surface area contributed by atoms with Crippen LogP contribution in [0.4, 0.5) is 0 Å². The minimum absolute atomic E-state index is 0.141. The van der Waals surface area contributed by atoms with Gasteiger partial charge in [0.15, 0.2) is 0 Å². The number of rotatable bonds is 9. The molecule has 25 heavy (non-hydrogen) atoms. The Morgan fingerprint density at radius 1 is 0.920 bits per heavy atom. The van der Waals surface area contributed by atoms with Crippen LogP contribution in [0, 0.1) is 23.7 Å². The molecule has 0 aromatic heterocycles. The zero-order chi connectivity index (χ0) is 18.1. The molecule has 0 amide bonds. The van der Waals surface area contributed by atoms with E-state index in [-0.39, 0.29) is 11.8 Å². The van der Waals surface area contributed by atoms with Crippen molar-refractivity contribution in [3.05, 3.63) is 0 Å². The van der Waals surface area contributed by atoms with Crippen molar-refractivity contribution in [1.82, 2.24) is 0 Å². The summed E-state index contributed by atoms with van der Waals surface area (Å²) in [5.41, 5.74) is 0. The van der Waals surface area contributed by atoms with Crippen molar-refractivity contribution in [3.63, 3.8) is 0 Å². The summed E-state index contributed by atoms with van der Waals surface area (Å²) < 4.78 is 5.27. The Morgan fingerprint density at radius 2 is 1.60 bits per heavy atom. The minimum atomic E-state index is -0.474. The van der Waals surface area contributed by atoms with E-state index in [1.165, 1.54) is 51.4 Å². The molecule has 0 heterocycles. The van der Waals surface area contributed by atoms with E-state index in [0.29, 0.717) is 31.3 Å². The lowest BCUT2D eigenvalue weighted by Gasteiger charge is -2.36. The first-order chi connectivity index (χ1) is 12.2. The Labute approximate surface area is 154 Å². The van der Waals surface area contributed by atoms with Crippen LogP contribution in [0.15, 0.2) is 0 Å². The van der Waals surface area contributed by atoms with Crippen molar-refractivity contribution >= 4 is 11.8 Å². The average molecular weight is 351 g/mol. The van der Waals surface area contributed by atoms with Crippen molar-refractivity contribution in [2.75, 3.05) is 6.61 Å². The number of ketones is 1. The molecule has 144 valence electrons. The highest BCUT2D eigenvalue weighted by atomic mass is 16.5. The molecule has 0 aromatic rings. The maximum atomic E-state index is 12.5. The molecular formula is C22H38O3. The largest absolute Gasteiger partial charge is 0.465 e. The lowest BCUT2D eigenvalue weighted by molar-refractivity contribution is -0.154. The van der Waals surface area contributed by atoms with Crippen LogP contribution in [-0.2, 0) is 14.3 Å². The molecule has 2 aliphatic rings. The van der Waals surface area contributed by atoms with E-state index < -0.39 is 5.92 Å². The van der Waals surface area contributed by atoms with Crippen LogP contribution in [0.5, 0.6) is 0 Å². The van der Waals surface area contributed by atoms with Crippen molar-refractivity contribution in [2.45, 2.75) is 97.3 Å². The molecule has 2 atom stereocenters. The van der Waals surface area contributed by atoms with Gasteiger partial charge in [-0.05, 0) is 49.9 Å². The van der Waals surface area contributed by atoms with Gasteiger partial charge in [-0.1, -0.05) is 58.8 Å². The zero-order valence-electron chi connectivity index (χ0n) is 16.4. The molecule has 2 saturated carbocycles. The Bertz CT molecular complexity index is 409. The van der Waals surface area contributed by atoms with Crippen molar-refractivity contribution in [1.29, 1.82) is 0 Å². The lowest BCUT2D eigenvalue weighted by Crippen LogP contribution is -2.35. The highest BCUT2D eigenvalue weighted by Crippen LogP contribution is 2.41. The lowest BCUT2D eigenvalue weighted by atomic mass is 9.68. The van der Waals surface area contributed by atoms with Crippen molar-refractivity contribution < 1.29 is 14.3 Å². The molecule has 0 unspecified atom stereocenters. The summed E-state index contributed by atoms with van der Waals surface area (Å²) >= 11 is 0. The predicted molar refractivity (Wildman–Crippen MR) is 101 cm³/mol. The summed E-state index contributed by atoms with van der Waals surface area (Å²) in [7, 11) is 0. The van der Waals surface area contributed by atoms with Gasteiger partial charge in [0.25, 0.3) is 0 Å². The van der Waals surface area contributed by atoms with Crippen LogP contribution in [0.3, 0.4) is 0 Å². The average Bonchev–Trinajstić information content (AvgIpc) is 2.62. The molecule has 0 radical (unpaired) electrons. The summed E-state index contributed by atoms with van der Waals surface area (Å²) in [6.45, 7) is 4.80. The number of hydrogen-bond donors (Lipinski definition) is 0. The minimum Gasteiger partial charge on any atom is -0.465 e. The first kappa shape index (κ1) is 20.5. The van der Waals surface area contributed by atoms with Gasteiger partial charge < -0.3 is 4.74 Å². The first-order valence-corrected chi connectivity index (χ1v) is 10.8. The molecule has 2 aliphatic carbocycles. The molecule has 3 nitrogen and oxygen atoms in total. The van der Waals surface area contributed by atoms with E-state index in [1.807, 2.05) is 0 Å². The van der Waals surface area contributed by atoms with Crippen molar-refractivity contribution in [2.24, 2.45) is 23.7 Å². The number of Topliss-reactive ketones (excluding diaryl/α,β-unsaturated/α-hetero) is 1. The second kappa shape index (κ2) is 11.0. The van der Waals surface area contributed by atoms with Gasteiger partial charge in [0.1, 0.15) is 11.7 Å². The van der Waals surface area contributed by atoms with Crippen LogP contribution in [0.25, 0.3) is 0 Å². The molecule has 0 spiro atoms. The summed E-state index contributed by atoms with van der Waals surface area (Å²) in [6.07, 6.45) is 15.0. The van der Waals surface area contributed by atoms with Gasteiger partial charge >= 0.3 is 5.97 Å². The smallest absolute Gasteiger partial charge is 0.316 e. The van der Waals surface area contributed by atoms with Gasteiger partial charge in [-0.15, -0.1) is 0 Å². The van der Waals surface area contributed by atoms with E-state index in [9.17, 15) is 9.59 Å². The quantitative estimate of drug-likeness (QED) is 0.304. The second-order valence-corrected chi connectivity index (χ2v) is 8.36. The van der Waals surface area contributed by atoms with E-state index in [0.717, 1.165) is 25.2 Å². The number of ether oxygens (including phenoxy) is 1. The van der Waals surface area contributed by atoms with E-state index in [2.05, 4.69) is 13.8 Å². The topological polar surface area (TPSA) is 43.4 Å². The molecule has 0 bridgehead atoms. The third-order valence-electron chi connectivity index (χ3n) is 6.48. The predicted octanol–water partition coefficient (Wildman–Crippen LogP) is 5.70. The standard InChI is InChI=1S/C22H38O3/c1-3-5-7-8-17-9-11-18(12-10-17)19-13-14-20(21(23)16-19)22(24)25-15-6-4-2/h17-20H,3-16H2,1-2H3/t17?,18?,19-,20-/m1/s1. The van der Waals surface area contributed by atoms with Crippen LogP contribution in [-0.4, -0.2) is 18.4 Å². The van der Waals surface area contributed by atoms with E-state index in [4.69, 9.17) is 4.74 Å². The summed E-state index contributed by atoms with van der Waals surface area (Å²) in [5.74, 6) is 1.55. The molecule has 0 aliphatic heterocycles. The maximum absolute atomic E-state index is 12.5. The molecule has 0 N–H and O–H groups in total. The van der Waals surface area contributed by atoms with Gasteiger partial charge in [-0.2, -0.15) is 0 Å². The highest BCUT2D eigenvalue weighted by Gasteiger charge is 2.38. The van der Waals surface area contributed by atoms with Gasteiger partial charge in [0, 0.05) is 6.42 Å². The fourth-order valence-electron chi connectivity index (χ4n) is 4.75.